The highest BCUT2D eigenvalue weighted by Crippen LogP contribution is 2.42. The molecule has 5 rings (SSSR count). The minimum absolute atomic E-state index is 0.00625. The number of unbranched alkanes of at least 4 members (excludes halogenated alkanes) is 1. The zero-order valence-corrected chi connectivity index (χ0v) is 27.4. The van der Waals surface area contributed by atoms with Crippen LogP contribution < -0.4 is 5.32 Å². The van der Waals surface area contributed by atoms with E-state index in [4.69, 9.17) is 16.6 Å². The van der Waals surface area contributed by atoms with E-state index in [9.17, 15) is 9.59 Å². The molecule has 1 aromatic carbocycles. The van der Waals surface area contributed by atoms with Crippen LogP contribution >= 0.6 is 43.5 Å². The van der Waals surface area contributed by atoms with E-state index in [1.807, 2.05) is 35.2 Å². The van der Waals surface area contributed by atoms with Gasteiger partial charge in [0.2, 0.25) is 11.8 Å². The molecule has 1 aliphatic carbocycles. The molecular weight excluding hydrogens is 684 g/mol. The van der Waals surface area contributed by atoms with E-state index in [0.717, 1.165) is 70.0 Å². The van der Waals surface area contributed by atoms with Gasteiger partial charge in [0.25, 0.3) is 0 Å². The van der Waals surface area contributed by atoms with Crippen LogP contribution in [-0.4, -0.2) is 68.4 Å². The van der Waals surface area contributed by atoms with E-state index in [2.05, 4.69) is 59.7 Å². The molecule has 1 fully saturated rings. The Balaban J connectivity index is 1.43. The fourth-order valence-electron chi connectivity index (χ4n) is 5.96. The third kappa shape index (κ3) is 7.15. The van der Waals surface area contributed by atoms with Crippen molar-refractivity contribution in [2.24, 2.45) is 0 Å². The van der Waals surface area contributed by atoms with E-state index in [0.29, 0.717) is 37.6 Å². The highest BCUT2D eigenvalue weighted by Gasteiger charge is 2.40. The van der Waals surface area contributed by atoms with E-state index < -0.39 is 6.04 Å². The van der Waals surface area contributed by atoms with Crippen molar-refractivity contribution in [3.8, 4) is 0 Å². The van der Waals surface area contributed by atoms with Crippen LogP contribution in [0.4, 0.5) is 0 Å². The van der Waals surface area contributed by atoms with Crippen LogP contribution in [0, 0.1) is 0 Å². The van der Waals surface area contributed by atoms with Crippen LogP contribution in [0.3, 0.4) is 0 Å². The smallest absolute Gasteiger partial charge is 0.244 e. The number of carbonyl (C=O) groups excluding carboxylic acids is 2. The van der Waals surface area contributed by atoms with Crippen molar-refractivity contribution in [3.63, 3.8) is 0 Å². The number of pyridine rings is 1. The first-order valence-corrected chi connectivity index (χ1v) is 16.3. The summed E-state index contributed by atoms with van der Waals surface area (Å²) < 4.78 is 3.85. The van der Waals surface area contributed by atoms with E-state index in [1.165, 1.54) is 0 Å². The van der Waals surface area contributed by atoms with Crippen LogP contribution in [0.1, 0.15) is 54.1 Å². The van der Waals surface area contributed by atoms with Crippen molar-refractivity contribution >= 4 is 55.3 Å². The number of allylic oxidation sites excluding steroid dienone is 1. The molecule has 0 saturated carbocycles. The molecule has 0 radical (unpaired) electrons. The molecule has 3 aromatic rings. The van der Waals surface area contributed by atoms with Gasteiger partial charge in [-0.25, -0.2) is 4.98 Å². The lowest BCUT2D eigenvalue weighted by atomic mass is 9.95. The number of carbonyl (C=O) groups is 2. The predicted octanol–water partition coefficient (Wildman–Crippen LogP) is 5.72. The van der Waals surface area contributed by atoms with Gasteiger partial charge in [-0.1, -0.05) is 33.6 Å². The number of halogens is 3. The zero-order chi connectivity index (χ0) is 29.6. The molecule has 2 amide bonds. The lowest BCUT2D eigenvalue weighted by Crippen LogP contribution is -2.61. The molecule has 0 bridgehead atoms. The minimum atomic E-state index is -0.611. The van der Waals surface area contributed by atoms with E-state index in [1.54, 1.807) is 17.4 Å². The molecular formula is C31H35Br2ClN6O2. The second-order valence-electron chi connectivity index (χ2n) is 10.8. The van der Waals surface area contributed by atoms with Crippen molar-refractivity contribution in [2.45, 2.75) is 57.2 Å². The van der Waals surface area contributed by atoms with Crippen LogP contribution in [0.5, 0.6) is 0 Å². The Morgan fingerprint density at radius 1 is 1.14 bits per heavy atom. The number of benzene rings is 1. The lowest BCUT2D eigenvalue weighted by Gasteiger charge is -2.44. The summed E-state index contributed by atoms with van der Waals surface area (Å²) >= 11 is 13.9. The maximum atomic E-state index is 13.7. The van der Waals surface area contributed by atoms with E-state index >= 15 is 0 Å². The average Bonchev–Trinajstić information content (AvgIpc) is 3.44. The van der Waals surface area contributed by atoms with Gasteiger partial charge in [-0.3, -0.25) is 19.5 Å². The molecule has 1 saturated heterocycles. The molecule has 2 atom stereocenters. The van der Waals surface area contributed by atoms with Crippen LogP contribution in [0.15, 0.2) is 64.7 Å². The van der Waals surface area contributed by atoms with Gasteiger partial charge in [0.1, 0.15) is 6.04 Å². The molecule has 11 heteroatoms. The lowest BCUT2D eigenvalue weighted by molar-refractivity contribution is -0.144. The van der Waals surface area contributed by atoms with Crippen LogP contribution in [-0.2, 0) is 29.0 Å². The van der Waals surface area contributed by atoms with Gasteiger partial charge < -0.3 is 14.8 Å². The number of hydrogen-bond donors (Lipinski definition) is 1. The molecule has 8 nitrogen and oxygen atoms in total. The number of nitrogens with zero attached hydrogens (tertiary/aromatic N) is 5. The largest absolute Gasteiger partial charge is 0.354 e. The summed E-state index contributed by atoms with van der Waals surface area (Å²) in [5.74, 6) is -0.123. The summed E-state index contributed by atoms with van der Waals surface area (Å²) in [5.41, 5.74) is 4.43. The number of nitrogens with one attached hydrogen (secondary N) is 1. The average molecular weight is 719 g/mol. The van der Waals surface area contributed by atoms with Crippen molar-refractivity contribution in [2.75, 3.05) is 26.2 Å². The zero-order valence-electron chi connectivity index (χ0n) is 23.4. The number of piperazine rings is 1. The SMILES string of the molecule is C=CCCCC(=O)N1CCN(C2c3ncc(Br)cc3CCc3cc(Cl)cc(Br)c32)CC1C(=O)NCCCn1ccnc1. The highest BCUT2D eigenvalue weighted by atomic mass is 79.9. The maximum absolute atomic E-state index is 13.7. The Labute approximate surface area is 268 Å². The van der Waals surface area contributed by atoms with Gasteiger partial charge in [-0.15, -0.1) is 6.58 Å². The quantitative estimate of drug-likeness (QED) is 0.214. The Morgan fingerprint density at radius 2 is 1.98 bits per heavy atom. The molecule has 1 N–H and O–H groups in total. The van der Waals surface area contributed by atoms with Gasteiger partial charge in [0.15, 0.2) is 0 Å². The Bertz CT molecular complexity index is 1430. The fraction of sp³-hybridized carbons (Fsp3) is 0.419. The second-order valence-corrected chi connectivity index (χ2v) is 13.0. The topological polar surface area (TPSA) is 83.4 Å². The Hall–Kier alpha value is -2.53. The first kappa shape index (κ1) is 30.9. The number of imidazole rings is 1. The second kappa shape index (κ2) is 14.3. The summed E-state index contributed by atoms with van der Waals surface area (Å²) in [4.78, 5) is 40.2. The van der Waals surface area contributed by atoms with Gasteiger partial charge >= 0.3 is 0 Å². The van der Waals surface area contributed by atoms with E-state index in [-0.39, 0.29) is 17.9 Å². The molecule has 2 aromatic heterocycles. The van der Waals surface area contributed by atoms with Gasteiger partial charge in [0.05, 0.1) is 18.1 Å². The summed E-state index contributed by atoms with van der Waals surface area (Å²) in [5, 5.41) is 3.79. The van der Waals surface area contributed by atoms with Gasteiger partial charge in [-0.05, 0) is 82.9 Å². The molecule has 1 aliphatic heterocycles. The van der Waals surface area contributed by atoms with Crippen molar-refractivity contribution in [1.29, 1.82) is 0 Å². The molecule has 0 spiro atoms. The van der Waals surface area contributed by atoms with Crippen LogP contribution in [0.2, 0.25) is 5.02 Å². The number of aryl methyl sites for hydroxylation is 3. The Kier molecular flexibility index (Phi) is 10.5. The fourth-order valence-corrected chi connectivity index (χ4v) is 7.43. The summed E-state index contributed by atoms with van der Waals surface area (Å²) in [6, 6.07) is 5.31. The number of aromatic nitrogens is 3. The number of fused-ring (bicyclic) bond motifs is 2. The summed E-state index contributed by atoms with van der Waals surface area (Å²) in [7, 11) is 0. The Morgan fingerprint density at radius 3 is 2.76 bits per heavy atom. The molecule has 222 valence electrons. The summed E-state index contributed by atoms with van der Waals surface area (Å²) in [6.07, 6.45) is 13.4. The van der Waals surface area contributed by atoms with Crippen molar-refractivity contribution < 1.29 is 9.59 Å². The third-order valence-electron chi connectivity index (χ3n) is 7.99. The van der Waals surface area contributed by atoms with Gasteiger partial charge in [0, 0.05) is 71.7 Å². The first-order chi connectivity index (χ1) is 20.4. The van der Waals surface area contributed by atoms with Crippen molar-refractivity contribution in [1.82, 2.24) is 29.7 Å². The predicted molar refractivity (Wildman–Crippen MR) is 171 cm³/mol. The molecule has 3 heterocycles. The normalized spacial score (nSPS) is 18.6. The minimum Gasteiger partial charge on any atom is -0.354 e. The van der Waals surface area contributed by atoms with Crippen molar-refractivity contribution in [3.05, 3.63) is 92.1 Å². The maximum Gasteiger partial charge on any atom is 0.244 e. The number of hydrogen-bond acceptors (Lipinski definition) is 5. The molecule has 42 heavy (non-hydrogen) atoms. The highest BCUT2D eigenvalue weighted by molar-refractivity contribution is 9.10. The standard InChI is InChI=1S/C31H35Br2ClN6O2/c1-2-3-4-6-27(41)40-14-13-39(19-26(40)31(42)36-9-5-11-38-12-10-35-20-38)30-28-21(16-24(34)17-25(28)33)7-8-22-15-23(32)18-37-29(22)30/h2,10,12,15-18,20,26,30H,1,3-9,11,13-14,19H2,(H,36,42). The summed E-state index contributed by atoms with van der Waals surface area (Å²) in [6.45, 7) is 6.53. The molecule has 2 unspecified atom stereocenters. The molecule has 2 aliphatic rings. The van der Waals surface area contributed by atoms with Crippen LogP contribution in [0.25, 0.3) is 0 Å². The van der Waals surface area contributed by atoms with Gasteiger partial charge in [-0.2, -0.15) is 0 Å². The first-order valence-electron chi connectivity index (χ1n) is 14.4. The number of amides is 2. The third-order valence-corrected chi connectivity index (χ3v) is 9.30. The monoisotopic (exact) mass is 716 g/mol. The number of rotatable bonds is 10.